The molecule has 1 aromatic carbocycles. The summed E-state index contributed by atoms with van der Waals surface area (Å²) in [5.41, 5.74) is 0. The van der Waals surface area contributed by atoms with Crippen molar-refractivity contribution in [2.75, 3.05) is 7.11 Å². The summed E-state index contributed by atoms with van der Waals surface area (Å²) in [6, 6.07) is 8.94. The minimum Gasteiger partial charge on any atom is -0.497 e. The first kappa shape index (κ1) is 12.1. The Morgan fingerprint density at radius 1 is 1.29 bits per heavy atom. The fourth-order valence-corrected chi connectivity index (χ4v) is 2.38. The van der Waals surface area contributed by atoms with Gasteiger partial charge in [0.2, 0.25) is 0 Å². The van der Waals surface area contributed by atoms with Crippen LogP contribution < -0.4 is 9.47 Å². The third kappa shape index (κ3) is 2.87. The van der Waals surface area contributed by atoms with Crippen molar-refractivity contribution in [3.8, 4) is 16.6 Å². The van der Waals surface area contributed by atoms with Gasteiger partial charge in [-0.25, -0.2) is 0 Å². The van der Waals surface area contributed by atoms with Gasteiger partial charge >= 0.3 is 0 Å². The monoisotopic (exact) mass is 312 g/mol. The second-order valence-electron chi connectivity index (χ2n) is 3.17. The molecule has 0 aliphatic rings. The van der Waals surface area contributed by atoms with Crippen molar-refractivity contribution in [2.45, 2.75) is 0 Å². The van der Waals surface area contributed by atoms with E-state index in [1.807, 2.05) is 18.2 Å². The molecular formula is C12H9BrO3S. The topological polar surface area (TPSA) is 35.5 Å². The van der Waals surface area contributed by atoms with Crippen molar-refractivity contribution in [1.29, 1.82) is 0 Å². The number of carbonyl (C=O) groups excluding carboxylic acids is 1. The smallest absolute Gasteiger partial charge is 0.181 e. The largest absolute Gasteiger partial charge is 0.497 e. The average Bonchev–Trinajstić information content (AvgIpc) is 2.79. The molecule has 0 aliphatic carbocycles. The summed E-state index contributed by atoms with van der Waals surface area (Å²) in [5.74, 6) is 1.44. The Morgan fingerprint density at radius 2 is 2.12 bits per heavy atom. The van der Waals surface area contributed by atoms with E-state index in [4.69, 9.17) is 9.47 Å². The molecule has 1 aromatic heterocycles. The molecule has 0 saturated heterocycles. The number of hydrogen-bond acceptors (Lipinski definition) is 4. The van der Waals surface area contributed by atoms with Crippen LogP contribution in [-0.2, 0) is 0 Å². The molecule has 0 amide bonds. The second-order valence-corrected chi connectivity index (χ2v) is 5.11. The Hall–Kier alpha value is -1.33. The molecule has 0 N–H and O–H groups in total. The number of benzene rings is 1. The van der Waals surface area contributed by atoms with Crippen molar-refractivity contribution in [2.24, 2.45) is 0 Å². The van der Waals surface area contributed by atoms with Gasteiger partial charge in [0.05, 0.1) is 16.5 Å². The highest BCUT2D eigenvalue weighted by atomic mass is 79.9. The Bertz CT molecular complexity index is 536. The van der Waals surface area contributed by atoms with E-state index in [1.54, 1.807) is 19.2 Å². The van der Waals surface area contributed by atoms with Crippen molar-refractivity contribution < 1.29 is 14.3 Å². The summed E-state index contributed by atoms with van der Waals surface area (Å²) in [7, 11) is 1.61. The summed E-state index contributed by atoms with van der Waals surface area (Å²) < 4.78 is 11.5. The molecule has 0 aliphatic heterocycles. The van der Waals surface area contributed by atoms with Gasteiger partial charge in [-0.15, -0.1) is 0 Å². The molecule has 3 nitrogen and oxygen atoms in total. The van der Waals surface area contributed by atoms with Gasteiger partial charge < -0.3 is 9.47 Å². The lowest BCUT2D eigenvalue weighted by atomic mass is 10.3. The summed E-state index contributed by atoms with van der Waals surface area (Å²) in [5, 5.41) is 0.679. The van der Waals surface area contributed by atoms with E-state index in [2.05, 4.69) is 15.9 Å². The SMILES string of the molecule is COc1ccc(Oc2ccc(C=O)s2)c(Br)c1. The molecule has 2 aromatic rings. The molecule has 88 valence electrons. The zero-order valence-corrected chi connectivity index (χ0v) is 11.4. The maximum Gasteiger partial charge on any atom is 0.181 e. The first-order chi connectivity index (χ1) is 8.22. The fraction of sp³-hybridized carbons (Fsp3) is 0.0833. The Morgan fingerprint density at radius 3 is 2.71 bits per heavy atom. The molecule has 2 rings (SSSR count). The quantitative estimate of drug-likeness (QED) is 0.796. The number of aldehydes is 1. The zero-order valence-electron chi connectivity index (χ0n) is 8.98. The first-order valence-corrected chi connectivity index (χ1v) is 6.40. The molecule has 0 unspecified atom stereocenters. The van der Waals surface area contributed by atoms with Crippen LogP contribution >= 0.6 is 27.3 Å². The van der Waals surface area contributed by atoms with Crippen LogP contribution in [0.1, 0.15) is 9.67 Å². The minimum absolute atomic E-state index is 0.643. The van der Waals surface area contributed by atoms with Crippen molar-refractivity contribution in [3.05, 3.63) is 39.7 Å². The first-order valence-electron chi connectivity index (χ1n) is 4.79. The van der Waals surface area contributed by atoms with Crippen molar-refractivity contribution in [3.63, 3.8) is 0 Å². The number of rotatable bonds is 4. The normalized spacial score (nSPS) is 10.0. The summed E-state index contributed by atoms with van der Waals surface area (Å²) in [4.78, 5) is 11.2. The van der Waals surface area contributed by atoms with Crippen LogP contribution in [0.5, 0.6) is 16.6 Å². The van der Waals surface area contributed by atoms with Gasteiger partial charge in [0, 0.05) is 0 Å². The molecule has 0 saturated carbocycles. The highest BCUT2D eigenvalue weighted by molar-refractivity contribution is 9.10. The second kappa shape index (κ2) is 5.33. The Kier molecular flexibility index (Phi) is 3.81. The third-order valence-corrected chi connectivity index (χ3v) is 3.58. The number of thiophene rings is 1. The molecule has 0 fully saturated rings. The minimum atomic E-state index is 0.643. The van der Waals surface area contributed by atoms with Gasteiger partial charge in [-0.05, 0) is 46.3 Å². The molecule has 0 radical (unpaired) electrons. The third-order valence-electron chi connectivity index (χ3n) is 2.07. The van der Waals surface area contributed by atoms with Crippen molar-refractivity contribution in [1.82, 2.24) is 0 Å². The van der Waals surface area contributed by atoms with Crippen LogP contribution in [0.2, 0.25) is 0 Å². The van der Waals surface area contributed by atoms with Crippen LogP contribution in [0.4, 0.5) is 0 Å². The molecule has 0 spiro atoms. The van der Waals surface area contributed by atoms with Gasteiger partial charge in [-0.3, -0.25) is 4.79 Å². The highest BCUT2D eigenvalue weighted by Gasteiger charge is 2.06. The molecule has 1 heterocycles. The summed E-state index contributed by atoms with van der Waals surface area (Å²) in [6.45, 7) is 0. The molecule has 0 bridgehead atoms. The number of ether oxygens (including phenoxy) is 2. The van der Waals surface area contributed by atoms with Crippen molar-refractivity contribution >= 4 is 33.6 Å². The van der Waals surface area contributed by atoms with Gasteiger partial charge in [0.25, 0.3) is 0 Å². The maximum atomic E-state index is 10.6. The zero-order chi connectivity index (χ0) is 12.3. The van der Waals surface area contributed by atoms with E-state index in [0.29, 0.717) is 15.7 Å². The standard InChI is InChI=1S/C12H9BrO3S/c1-15-8-2-4-11(10(13)6-8)16-12-5-3-9(7-14)17-12/h2-7H,1H3. The Labute approximate surface area is 111 Å². The van der Waals surface area contributed by atoms with E-state index in [0.717, 1.165) is 16.5 Å². The highest BCUT2D eigenvalue weighted by Crippen LogP contribution is 2.35. The van der Waals surface area contributed by atoms with Crippen LogP contribution in [0.25, 0.3) is 0 Å². The number of methoxy groups -OCH3 is 1. The lowest BCUT2D eigenvalue weighted by Crippen LogP contribution is -1.85. The van der Waals surface area contributed by atoms with Gasteiger partial charge in [-0.2, -0.15) is 0 Å². The van der Waals surface area contributed by atoms with Gasteiger partial charge in [0.1, 0.15) is 11.5 Å². The average molecular weight is 313 g/mol. The van der Waals surface area contributed by atoms with Crippen LogP contribution in [-0.4, -0.2) is 13.4 Å². The van der Waals surface area contributed by atoms with Crippen LogP contribution in [0.3, 0.4) is 0 Å². The summed E-state index contributed by atoms with van der Waals surface area (Å²) >= 11 is 4.70. The van der Waals surface area contributed by atoms with Crippen LogP contribution in [0.15, 0.2) is 34.8 Å². The molecule has 17 heavy (non-hydrogen) atoms. The number of halogens is 1. The lowest BCUT2D eigenvalue weighted by molar-refractivity contribution is 0.112. The Balaban J connectivity index is 2.20. The molecular weight excluding hydrogens is 304 g/mol. The number of carbonyl (C=O) groups is 1. The van der Waals surface area contributed by atoms with E-state index in [9.17, 15) is 4.79 Å². The summed E-state index contributed by atoms with van der Waals surface area (Å²) in [6.07, 6.45) is 0.806. The van der Waals surface area contributed by atoms with Gasteiger partial charge in [0.15, 0.2) is 11.3 Å². The van der Waals surface area contributed by atoms with E-state index < -0.39 is 0 Å². The fourth-order valence-electron chi connectivity index (χ4n) is 1.25. The van der Waals surface area contributed by atoms with Gasteiger partial charge in [-0.1, -0.05) is 11.3 Å². The van der Waals surface area contributed by atoms with Crippen LogP contribution in [0, 0.1) is 0 Å². The lowest BCUT2D eigenvalue weighted by Gasteiger charge is -2.06. The van der Waals surface area contributed by atoms with E-state index >= 15 is 0 Å². The maximum absolute atomic E-state index is 10.6. The van der Waals surface area contributed by atoms with E-state index in [1.165, 1.54) is 11.3 Å². The molecule has 5 heteroatoms. The van der Waals surface area contributed by atoms with E-state index in [-0.39, 0.29) is 0 Å². The predicted molar refractivity (Wildman–Crippen MR) is 70.5 cm³/mol. The number of hydrogen-bond donors (Lipinski definition) is 0. The predicted octanol–water partition coefficient (Wildman–Crippen LogP) is 4.12. The molecule has 0 atom stereocenters.